The van der Waals surface area contributed by atoms with Gasteiger partial charge in [-0.15, -0.1) is 0 Å². The molecule has 1 unspecified atom stereocenters. The molecule has 0 spiro atoms. The summed E-state index contributed by atoms with van der Waals surface area (Å²) in [6.07, 6.45) is -16.3. The first-order chi connectivity index (χ1) is 10.6. The lowest BCUT2D eigenvalue weighted by molar-refractivity contribution is -0.331. The fourth-order valence-electron chi connectivity index (χ4n) is 2.78. The van der Waals surface area contributed by atoms with Gasteiger partial charge in [-0.3, -0.25) is 0 Å². The summed E-state index contributed by atoms with van der Waals surface area (Å²) in [4.78, 5) is 0. The van der Waals surface area contributed by atoms with Crippen LogP contribution in [0.5, 0.6) is 0 Å². The number of hydrogen-bond acceptors (Lipinski definition) is 11. The molecule has 0 bridgehead atoms. The Bertz CT molecular complexity index is 408. The second kappa shape index (κ2) is 6.82. The zero-order valence-corrected chi connectivity index (χ0v) is 12.0. The van der Waals surface area contributed by atoms with Gasteiger partial charge in [-0.1, -0.05) is 0 Å². The van der Waals surface area contributed by atoms with Gasteiger partial charge in [-0.2, -0.15) is 0 Å². The average Bonchev–Trinajstić information content (AvgIpc) is 2.53. The molecule has 0 aromatic rings. The highest BCUT2D eigenvalue weighted by molar-refractivity contribution is 5.07. The summed E-state index contributed by atoms with van der Waals surface area (Å²) in [5, 5.41) is 87.7. The Kier molecular flexibility index (Phi) is 5.60. The van der Waals surface area contributed by atoms with Crippen LogP contribution >= 0.6 is 0 Å². The molecular weight excluding hydrogens is 320 g/mol. The second-order valence-electron chi connectivity index (χ2n) is 5.87. The second-order valence-corrected chi connectivity index (χ2v) is 5.87. The first-order valence-corrected chi connectivity index (χ1v) is 7.02. The lowest BCUT2D eigenvalue weighted by atomic mass is 9.79. The number of ether oxygens (including phenoxy) is 2. The Labute approximate surface area is 130 Å². The van der Waals surface area contributed by atoms with Crippen LogP contribution in [0.2, 0.25) is 0 Å². The van der Waals surface area contributed by atoms with Crippen LogP contribution in [0.4, 0.5) is 0 Å². The van der Waals surface area contributed by atoms with Crippen molar-refractivity contribution in [1.29, 1.82) is 0 Å². The van der Waals surface area contributed by atoms with Crippen molar-refractivity contribution in [1.82, 2.24) is 0 Å². The monoisotopic (exact) mass is 342 g/mol. The third-order valence-electron chi connectivity index (χ3n) is 4.37. The fraction of sp³-hybridized carbons (Fsp3) is 1.00. The molecular formula is C12H22O11. The Hall–Kier alpha value is -0.440. The quantitative estimate of drug-likeness (QED) is 0.236. The lowest BCUT2D eigenvalue weighted by Gasteiger charge is -2.49. The molecule has 23 heavy (non-hydrogen) atoms. The largest absolute Gasteiger partial charge is 0.394 e. The molecule has 2 aliphatic rings. The van der Waals surface area contributed by atoms with Crippen molar-refractivity contribution in [2.24, 2.45) is 0 Å². The molecule has 2 aliphatic heterocycles. The zero-order chi connectivity index (χ0) is 17.5. The van der Waals surface area contributed by atoms with Crippen LogP contribution in [0.15, 0.2) is 0 Å². The van der Waals surface area contributed by atoms with E-state index in [1.807, 2.05) is 0 Å². The average molecular weight is 342 g/mol. The van der Waals surface area contributed by atoms with Crippen molar-refractivity contribution in [3.63, 3.8) is 0 Å². The van der Waals surface area contributed by atoms with E-state index in [1.165, 1.54) is 0 Å². The molecule has 136 valence electrons. The molecule has 11 heteroatoms. The van der Waals surface area contributed by atoms with Crippen molar-refractivity contribution in [3.8, 4) is 0 Å². The van der Waals surface area contributed by atoms with Crippen LogP contribution in [-0.2, 0) is 9.47 Å². The summed E-state index contributed by atoms with van der Waals surface area (Å²) in [5.74, 6) is 0. The van der Waals surface area contributed by atoms with Gasteiger partial charge in [0.1, 0.15) is 54.4 Å². The topological polar surface area (TPSA) is 201 Å². The van der Waals surface area contributed by atoms with E-state index in [1.54, 1.807) is 0 Å². The lowest BCUT2D eigenvalue weighted by Crippen LogP contribution is -2.72. The highest BCUT2D eigenvalue weighted by Crippen LogP contribution is 2.33. The predicted octanol–water partition coefficient (Wildman–Crippen LogP) is -6.01. The molecule has 2 fully saturated rings. The minimum atomic E-state index is -2.52. The third kappa shape index (κ3) is 3.10. The van der Waals surface area contributed by atoms with E-state index in [2.05, 4.69) is 0 Å². The van der Waals surface area contributed by atoms with Gasteiger partial charge in [-0.05, 0) is 0 Å². The fourth-order valence-corrected chi connectivity index (χ4v) is 2.78. The van der Waals surface area contributed by atoms with Gasteiger partial charge in [-0.25, -0.2) is 0 Å². The van der Waals surface area contributed by atoms with Crippen molar-refractivity contribution in [2.45, 2.75) is 60.7 Å². The molecule has 0 saturated carbocycles. The Balaban J connectivity index is 2.20. The van der Waals surface area contributed by atoms with Gasteiger partial charge in [0, 0.05) is 0 Å². The molecule has 0 amide bonds. The van der Waals surface area contributed by atoms with E-state index in [9.17, 15) is 40.9 Å². The zero-order valence-electron chi connectivity index (χ0n) is 12.0. The number of rotatable bonds is 3. The first-order valence-electron chi connectivity index (χ1n) is 7.02. The minimum Gasteiger partial charge on any atom is -0.394 e. The number of aliphatic hydroxyl groups is 9. The van der Waals surface area contributed by atoms with Crippen molar-refractivity contribution in [2.75, 3.05) is 13.2 Å². The van der Waals surface area contributed by atoms with E-state index < -0.39 is 73.9 Å². The normalized spacial score (nSPS) is 53.1. The molecule has 0 aromatic heterocycles. The molecule has 11 nitrogen and oxygen atoms in total. The van der Waals surface area contributed by atoms with Gasteiger partial charge >= 0.3 is 0 Å². The molecule has 10 atom stereocenters. The minimum absolute atomic E-state index is 0.642. The maximum Gasteiger partial charge on any atom is 0.184 e. The Morgan fingerprint density at radius 1 is 0.957 bits per heavy atom. The van der Waals surface area contributed by atoms with Crippen LogP contribution in [0.1, 0.15) is 0 Å². The van der Waals surface area contributed by atoms with E-state index in [0.29, 0.717) is 0 Å². The summed E-state index contributed by atoms with van der Waals surface area (Å²) < 4.78 is 9.75. The Morgan fingerprint density at radius 3 is 2.13 bits per heavy atom. The summed E-state index contributed by atoms with van der Waals surface area (Å²) in [5.41, 5.74) is -2.52. The van der Waals surface area contributed by atoms with Gasteiger partial charge < -0.3 is 55.4 Å². The molecule has 0 aromatic carbocycles. The van der Waals surface area contributed by atoms with Gasteiger partial charge in [0.05, 0.1) is 13.2 Å². The maximum absolute atomic E-state index is 10.4. The molecule has 0 aliphatic carbocycles. The van der Waals surface area contributed by atoms with Crippen LogP contribution in [0, 0.1) is 0 Å². The summed E-state index contributed by atoms with van der Waals surface area (Å²) in [6.45, 7) is -1.37. The van der Waals surface area contributed by atoms with Gasteiger partial charge in [0.25, 0.3) is 0 Å². The van der Waals surface area contributed by atoms with Crippen LogP contribution in [0.25, 0.3) is 0 Å². The molecule has 2 heterocycles. The number of hydrogen-bond donors (Lipinski definition) is 9. The highest BCUT2D eigenvalue weighted by Gasteiger charge is 2.58. The van der Waals surface area contributed by atoms with Crippen LogP contribution < -0.4 is 0 Å². The van der Waals surface area contributed by atoms with Crippen molar-refractivity contribution >= 4 is 0 Å². The summed E-state index contributed by atoms with van der Waals surface area (Å²) in [7, 11) is 0. The molecule has 2 rings (SSSR count). The van der Waals surface area contributed by atoms with Crippen LogP contribution in [-0.4, -0.2) is 120 Å². The van der Waals surface area contributed by atoms with Crippen molar-refractivity contribution < 1.29 is 55.4 Å². The standard InChI is InChI=1S/C12H22O11/c13-1-3-4(14)9(18)12(21,2-22-3)10(19)8-6(16)5(15)7(17)11(20)23-8/h3-11,13-21H,1-2H2/t3-,4-,5+,6+,7-,8+,9+,10?,11+,12-/m1/s1. The molecule has 9 N–H and O–H groups in total. The van der Waals surface area contributed by atoms with Gasteiger partial charge in [0.2, 0.25) is 0 Å². The Morgan fingerprint density at radius 2 is 1.57 bits per heavy atom. The highest BCUT2D eigenvalue weighted by atomic mass is 16.6. The summed E-state index contributed by atoms with van der Waals surface area (Å²) >= 11 is 0. The molecule has 2 saturated heterocycles. The van der Waals surface area contributed by atoms with E-state index in [-0.39, 0.29) is 0 Å². The maximum atomic E-state index is 10.4. The smallest absolute Gasteiger partial charge is 0.184 e. The van der Waals surface area contributed by atoms with Crippen LogP contribution in [0.3, 0.4) is 0 Å². The van der Waals surface area contributed by atoms with Gasteiger partial charge in [0.15, 0.2) is 6.29 Å². The predicted molar refractivity (Wildman–Crippen MR) is 68.7 cm³/mol. The van der Waals surface area contributed by atoms with E-state index in [4.69, 9.17) is 14.6 Å². The van der Waals surface area contributed by atoms with E-state index in [0.717, 1.165) is 0 Å². The molecule has 0 radical (unpaired) electrons. The SMILES string of the molecule is OC[C@H]1OC[C@](O)(C(O)[C@H]2O[C@H](O)[C@H](O)[C@@H](O)[C@@H]2O)[C@@H](O)[C@@H]1O. The summed E-state index contributed by atoms with van der Waals surface area (Å²) in [6, 6.07) is 0. The number of aliphatic hydroxyl groups excluding tert-OH is 8. The van der Waals surface area contributed by atoms with E-state index >= 15 is 0 Å². The third-order valence-corrected chi connectivity index (χ3v) is 4.37. The first kappa shape index (κ1) is 18.9. The van der Waals surface area contributed by atoms with Crippen molar-refractivity contribution in [3.05, 3.63) is 0 Å².